The molecule has 4 heteroatoms. The van der Waals surface area contributed by atoms with E-state index in [1.165, 1.54) is 43.2 Å². The number of rotatable bonds is 10. The molecule has 0 amide bonds. The van der Waals surface area contributed by atoms with E-state index in [1.54, 1.807) is 7.11 Å². The quantitative estimate of drug-likeness (QED) is 0.390. The van der Waals surface area contributed by atoms with Crippen molar-refractivity contribution < 1.29 is 4.74 Å². The van der Waals surface area contributed by atoms with Crippen LogP contribution in [0.4, 0.5) is 0 Å². The zero-order valence-electron chi connectivity index (χ0n) is 17.3. The lowest BCUT2D eigenvalue weighted by Crippen LogP contribution is -1.98. The zero-order chi connectivity index (χ0) is 19.8. The van der Waals surface area contributed by atoms with Gasteiger partial charge in [0.05, 0.1) is 13.3 Å². The molecule has 2 aromatic carbocycles. The van der Waals surface area contributed by atoms with E-state index in [2.05, 4.69) is 60.7 Å². The molecule has 0 aliphatic carbocycles. The molecule has 4 nitrogen and oxygen atoms in total. The van der Waals surface area contributed by atoms with E-state index in [-0.39, 0.29) is 0 Å². The van der Waals surface area contributed by atoms with Crippen LogP contribution in [-0.4, -0.2) is 22.1 Å². The number of nitrogens with zero attached hydrogens (tertiary/aromatic N) is 3. The molecule has 1 heterocycles. The van der Waals surface area contributed by atoms with E-state index >= 15 is 0 Å². The lowest BCUT2D eigenvalue weighted by Gasteiger charge is -2.11. The van der Waals surface area contributed by atoms with Crippen molar-refractivity contribution in [2.24, 2.45) is 0 Å². The summed E-state index contributed by atoms with van der Waals surface area (Å²) in [6.07, 6.45) is 9.79. The SMILES string of the molecule is CCCCCCCCn1cc(-c2c(C)cccc2-c2ccc(OC)cc2)nn1. The number of aryl methyl sites for hydroxylation is 2. The Balaban J connectivity index is 1.75. The summed E-state index contributed by atoms with van der Waals surface area (Å²) in [5.74, 6) is 0.864. The average molecular weight is 378 g/mol. The predicted molar refractivity (Wildman–Crippen MR) is 116 cm³/mol. The summed E-state index contributed by atoms with van der Waals surface area (Å²) in [6.45, 7) is 5.32. The van der Waals surface area contributed by atoms with Gasteiger partial charge in [-0.1, -0.05) is 74.6 Å². The number of unbranched alkanes of at least 4 members (excludes halogenated alkanes) is 5. The molecular weight excluding hydrogens is 346 g/mol. The van der Waals surface area contributed by atoms with Crippen LogP contribution in [0.3, 0.4) is 0 Å². The smallest absolute Gasteiger partial charge is 0.118 e. The number of aromatic nitrogens is 3. The minimum Gasteiger partial charge on any atom is -0.497 e. The molecule has 0 fully saturated rings. The predicted octanol–water partition coefficient (Wildman–Crippen LogP) is 6.29. The summed E-state index contributed by atoms with van der Waals surface area (Å²) >= 11 is 0. The first-order valence-corrected chi connectivity index (χ1v) is 10.4. The number of benzene rings is 2. The van der Waals surface area contributed by atoms with Gasteiger partial charge in [-0.25, -0.2) is 0 Å². The molecule has 0 saturated carbocycles. The minimum absolute atomic E-state index is 0.864. The van der Waals surface area contributed by atoms with Gasteiger partial charge in [-0.3, -0.25) is 4.68 Å². The van der Waals surface area contributed by atoms with Gasteiger partial charge in [0.15, 0.2) is 0 Å². The van der Waals surface area contributed by atoms with Gasteiger partial charge in [-0.05, 0) is 42.2 Å². The fourth-order valence-corrected chi connectivity index (χ4v) is 3.60. The summed E-state index contributed by atoms with van der Waals surface area (Å²) in [5, 5.41) is 8.86. The average Bonchev–Trinajstić information content (AvgIpc) is 3.19. The summed E-state index contributed by atoms with van der Waals surface area (Å²) < 4.78 is 7.28. The number of hydrogen-bond acceptors (Lipinski definition) is 3. The Labute approximate surface area is 168 Å². The van der Waals surface area contributed by atoms with Crippen molar-refractivity contribution in [1.82, 2.24) is 15.0 Å². The van der Waals surface area contributed by atoms with E-state index in [4.69, 9.17) is 4.74 Å². The van der Waals surface area contributed by atoms with Gasteiger partial charge in [-0.15, -0.1) is 5.10 Å². The second-order valence-electron chi connectivity index (χ2n) is 7.36. The number of hydrogen-bond donors (Lipinski definition) is 0. The Morgan fingerprint density at radius 1 is 0.929 bits per heavy atom. The van der Waals surface area contributed by atoms with Gasteiger partial charge in [0, 0.05) is 12.1 Å². The van der Waals surface area contributed by atoms with Crippen LogP contribution in [0.2, 0.25) is 0 Å². The Bertz CT molecular complexity index is 868. The van der Waals surface area contributed by atoms with Crippen molar-refractivity contribution in [3.05, 3.63) is 54.2 Å². The lowest BCUT2D eigenvalue weighted by atomic mass is 9.94. The van der Waals surface area contributed by atoms with E-state index < -0.39 is 0 Å². The molecule has 28 heavy (non-hydrogen) atoms. The zero-order valence-corrected chi connectivity index (χ0v) is 17.3. The van der Waals surface area contributed by atoms with Crippen molar-refractivity contribution in [3.63, 3.8) is 0 Å². The van der Waals surface area contributed by atoms with Crippen LogP contribution in [0, 0.1) is 6.92 Å². The first kappa shape index (κ1) is 20.1. The third-order valence-corrected chi connectivity index (χ3v) is 5.21. The van der Waals surface area contributed by atoms with E-state index in [0.717, 1.165) is 35.5 Å². The van der Waals surface area contributed by atoms with Gasteiger partial charge in [-0.2, -0.15) is 0 Å². The molecule has 3 rings (SSSR count). The Kier molecular flexibility index (Phi) is 7.24. The van der Waals surface area contributed by atoms with E-state index in [9.17, 15) is 0 Å². The molecule has 0 radical (unpaired) electrons. The molecule has 0 aliphatic heterocycles. The normalized spacial score (nSPS) is 11.0. The van der Waals surface area contributed by atoms with Crippen LogP contribution in [0.1, 0.15) is 51.0 Å². The monoisotopic (exact) mass is 377 g/mol. The third-order valence-electron chi connectivity index (χ3n) is 5.21. The van der Waals surface area contributed by atoms with Gasteiger partial charge in [0.2, 0.25) is 0 Å². The molecule has 0 spiro atoms. The topological polar surface area (TPSA) is 39.9 Å². The molecule has 0 N–H and O–H groups in total. The van der Waals surface area contributed by atoms with Crippen LogP contribution in [0.15, 0.2) is 48.7 Å². The van der Waals surface area contributed by atoms with Crippen molar-refractivity contribution in [2.45, 2.75) is 58.9 Å². The molecular formula is C24H31N3O. The number of ether oxygens (including phenoxy) is 1. The Hall–Kier alpha value is -2.62. The van der Waals surface area contributed by atoms with Crippen LogP contribution < -0.4 is 4.74 Å². The van der Waals surface area contributed by atoms with E-state index in [0.29, 0.717) is 0 Å². The van der Waals surface area contributed by atoms with Crippen molar-refractivity contribution in [1.29, 1.82) is 0 Å². The number of methoxy groups -OCH3 is 1. The Morgan fingerprint density at radius 3 is 2.43 bits per heavy atom. The molecule has 148 valence electrons. The molecule has 1 aromatic heterocycles. The maximum absolute atomic E-state index is 5.29. The summed E-state index contributed by atoms with van der Waals surface area (Å²) in [7, 11) is 1.69. The fourth-order valence-electron chi connectivity index (χ4n) is 3.60. The standard InChI is InChI=1S/C24H31N3O/c1-4-5-6-7-8-9-17-27-18-23(25-26-27)24-19(2)11-10-12-22(24)20-13-15-21(28-3)16-14-20/h10-16,18H,4-9,17H2,1-3H3. The maximum atomic E-state index is 5.29. The summed E-state index contributed by atoms with van der Waals surface area (Å²) in [5.41, 5.74) is 5.64. The van der Waals surface area contributed by atoms with E-state index in [1.807, 2.05) is 16.8 Å². The minimum atomic E-state index is 0.864. The van der Waals surface area contributed by atoms with Crippen LogP contribution in [-0.2, 0) is 6.54 Å². The first-order valence-electron chi connectivity index (χ1n) is 10.4. The van der Waals surface area contributed by atoms with Crippen LogP contribution in [0.5, 0.6) is 5.75 Å². The van der Waals surface area contributed by atoms with Crippen LogP contribution in [0.25, 0.3) is 22.4 Å². The first-order chi connectivity index (χ1) is 13.7. The molecule has 3 aromatic rings. The van der Waals surface area contributed by atoms with Crippen molar-refractivity contribution in [3.8, 4) is 28.1 Å². The van der Waals surface area contributed by atoms with Gasteiger partial charge in [0.25, 0.3) is 0 Å². The maximum Gasteiger partial charge on any atom is 0.118 e. The second kappa shape index (κ2) is 10.1. The summed E-state index contributed by atoms with van der Waals surface area (Å²) in [4.78, 5) is 0. The highest BCUT2D eigenvalue weighted by Crippen LogP contribution is 2.34. The largest absolute Gasteiger partial charge is 0.497 e. The Morgan fingerprint density at radius 2 is 1.68 bits per heavy atom. The fraction of sp³-hybridized carbons (Fsp3) is 0.417. The highest BCUT2D eigenvalue weighted by atomic mass is 16.5. The molecule has 0 unspecified atom stereocenters. The van der Waals surface area contributed by atoms with Crippen molar-refractivity contribution in [2.75, 3.05) is 7.11 Å². The lowest BCUT2D eigenvalue weighted by molar-refractivity contribution is 0.415. The molecule has 0 atom stereocenters. The molecule has 0 aliphatic rings. The second-order valence-corrected chi connectivity index (χ2v) is 7.36. The third kappa shape index (κ3) is 5.00. The highest BCUT2D eigenvalue weighted by molar-refractivity contribution is 5.83. The molecule has 0 saturated heterocycles. The van der Waals surface area contributed by atoms with Gasteiger partial charge in [0.1, 0.15) is 11.4 Å². The van der Waals surface area contributed by atoms with Gasteiger partial charge < -0.3 is 4.74 Å². The molecule has 0 bridgehead atoms. The summed E-state index contributed by atoms with van der Waals surface area (Å²) in [6, 6.07) is 14.6. The van der Waals surface area contributed by atoms with Gasteiger partial charge >= 0.3 is 0 Å². The van der Waals surface area contributed by atoms with Crippen LogP contribution >= 0.6 is 0 Å². The van der Waals surface area contributed by atoms with Crippen molar-refractivity contribution >= 4 is 0 Å². The highest BCUT2D eigenvalue weighted by Gasteiger charge is 2.13.